The number of aromatic nitrogens is 3. The van der Waals surface area contributed by atoms with Gasteiger partial charge in [0.05, 0.1) is 17.7 Å². The highest BCUT2D eigenvalue weighted by Crippen LogP contribution is 2.22. The summed E-state index contributed by atoms with van der Waals surface area (Å²) in [6.07, 6.45) is 1.53. The van der Waals surface area contributed by atoms with E-state index >= 15 is 0 Å². The largest absolute Gasteiger partial charge is 0.461 e. The summed E-state index contributed by atoms with van der Waals surface area (Å²) in [5.41, 5.74) is -0.0122. The van der Waals surface area contributed by atoms with E-state index in [0.717, 1.165) is 11.8 Å². The molecule has 0 atom stereocenters. The van der Waals surface area contributed by atoms with E-state index in [-0.39, 0.29) is 11.4 Å². The molecular weight excluding hydrogens is 361 g/mol. The number of para-hydroxylation sites is 1. The van der Waals surface area contributed by atoms with Crippen molar-refractivity contribution in [1.82, 2.24) is 20.1 Å². The van der Waals surface area contributed by atoms with Crippen LogP contribution in [0, 0.1) is 5.82 Å². The van der Waals surface area contributed by atoms with Gasteiger partial charge in [0, 0.05) is 7.05 Å². The van der Waals surface area contributed by atoms with Crippen molar-refractivity contribution in [2.24, 2.45) is 7.05 Å². The Morgan fingerprint density at radius 1 is 1.23 bits per heavy atom. The molecule has 0 aliphatic rings. The standard InChI is InChI=1S/C16H14FN5O3S/c1-22-14(12-7-4-8-25-12)20-21-16(22)26-9-13(23)19-15(24)18-11-6-3-2-5-10(11)17/h2-8H,9H2,1H3,(H2,18,19,23,24). The minimum atomic E-state index is -0.810. The Morgan fingerprint density at radius 3 is 2.77 bits per heavy atom. The van der Waals surface area contributed by atoms with Crippen molar-refractivity contribution in [3.8, 4) is 11.6 Å². The van der Waals surface area contributed by atoms with Crippen molar-refractivity contribution in [1.29, 1.82) is 0 Å². The van der Waals surface area contributed by atoms with E-state index in [0.29, 0.717) is 16.7 Å². The molecule has 1 aromatic carbocycles. The number of rotatable bonds is 5. The second kappa shape index (κ2) is 7.83. The topological polar surface area (TPSA) is 102 Å². The molecule has 0 aliphatic carbocycles. The predicted octanol–water partition coefficient (Wildman–Crippen LogP) is 2.65. The molecule has 134 valence electrons. The highest BCUT2D eigenvalue weighted by molar-refractivity contribution is 7.99. The average Bonchev–Trinajstić information content (AvgIpc) is 3.25. The zero-order valence-electron chi connectivity index (χ0n) is 13.6. The summed E-state index contributed by atoms with van der Waals surface area (Å²) in [7, 11) is 1.74. The first-order valence-electron chi connectivity index (χ1n) is 7.46. The molecule has 3 amide bonds. The molecule has 0 aliphatic heterocycles. The molecule has 3 aromatic rings. The smallest absolute Gasteiger partial charge is 0.325 e. The average molecular weight is 375 g/mol. The maximum absolute atomic E-state index is 13.5. The van der Waals surface area contributed by atoms with E-state index in [2.05, 4.69) is 20.8 Å². The lowest BCUT2D eigenvalue weighted by atomic mass is 10.3. The molecule has 2 heterocycles. The second-order valence-corrected chi connectivity index (χ2v) is 6.06. The van der Waals surface area contributed by atoms with Crippen LogP contribution in [0.4, 0.5) is 14.9 Å². The number of nitrogens with one attached hydrogen (secondary N) is 2. The molecule has 2 N–H and O–H groups in total. The van der Waals surface area contributed by atoms with Crippen LogP contribution in [0.1, 0.15) is 0 Å². The van der Waals surface area contributed by atoms with Crippen LogP contribution in [-0.4, -0.2) is 32.5 Å². The van der Waals surface area contributed by atoms with E-state index < -0.39 is 17.8 Å². The SMILES string of the molecule is Cn1c(SCC(=O)NC(=O)Nc2ccccc2F)nnc1-c1ccco1. The summed E-state index contributed by atoms with van der Waals surface area (Å²) in [6.45, 7) is 0. The number of hydrogen-bond donors (Lipinski definition) is 2. The number of halogens is 1. The normalized spacial score (nSPS) is 10.5. The molecule has 0 saturated heterocycles. The summed E-state index contributed by atoms with van der Waals surface area (Å²) in [5, 5.41) is 12.9. The molecule has 0 bridgehead atoms. The number of furan rings is 1. The summed E-state index contributed by atoms with van der Waals surface area (Å²) >= 11 is 1.11. The van der Waals surface area contributed by atoms with Gasteiger partial charge in [0.15, 0.2) is 16.7 Å². The van der Waals surface area contributed by atoms with E-state index in [4.69, 9.17) is 4.42 Å². The van der Waals surface area contributed by atoms with Crippen LogP contribution in [0.15, 0.2) is 52.2 Å². The van der Waals surface area contributed by atoms with E-state index in [1.165, 1.54) is 24.5 Å². The van der Waals surface area contributed by atoms with Crippen molar-refractivity contribution in [3.05, 3.63) is 48.5 Å². The van der Waals surface area contributed by atoms with Crippen LogP contribution in [0.5, 0.6) is 0 Å². The Balaban J connectivity index is 1.53. The van der Waals surface area contributed by atoms with Gasteiger partial charge in [0.1, 0.15) is 5.82 Å². The minimum Gasteiger partial charge on any atom is -0.461 e. The fourth-order valence-corrected chi connectivity index (χ4v) is 2.78. The molecule has 2 aromatic heterocycles. The number of imide groups is 1. The van der Waals surface area contributed by atoms with Gasteiger partial charge in [0.25, 0.3) is 0 Å². The minimum absolute atomic E-state index is 0.0122. The van der Waals surface area contributed by atoms with E-state index in [1.54, 1.807) is 29.8 Å². The van der Waals surface area contributed by atoms with Crippen molar-refractivity contribution >= 4 is 29.4 Å². The summed E-state index contributed by atoms with van der Waals surface area (Å²) in [5.74, 6) is -0.120. The Bertz CT molecular complexity index is 926. The van der Waals surface area contributed by atoms with Gasteiger partial charge in [-0.05, 0) is 24.3 Å². The van der Waals surface area contributed by atoms with Gasteiger partial charge in [-0.25, -0.2) is 9.18 Å². The van der Waals surface area contributed by atoms with Crippen LogP contribution in [0.2, 0.25) is 0 Å². The third kappa shape index (κ3) is 4.09. The third-order valence-corrected chi connectivity index (χ3v) is 4.30. The maximum Gasteiger partial charge on any atom is 0.325 e. The van der Waals surface area contributed by atoms with Crippen molar-refractivity contribution < 1.29 is 18.4 Å². The fourth-order valence-electron chi connectivity index (χ4n) is 2.07. The zero-order chi connectivity index (χ0) is 18.5. The molecule has 0 fully saturated rings. The number of nitrogens with zero attached hydrogens (tertiary/aromatic N) is 3. The first kappa shape index (κ1) is 17.7. The molecule has 0 spiro atoms. The van der Waals surface area contributed by atoms with Crippen molar-refractivity contribution in [3.63, 3.8) is 0 Å². The van der Waals surface area contributed by atoms with Crippen molar-refractivity contribution in [2.45, 2.75) is 5.16 Å². The highest BCUT2D eigenvalue weighted by atomic mass is 32.2. The monoisotopic (exact) mass is 375 g/mol. The summed E-state index contributed by atoms with van der Waals surface area (Å²) < 4.78 is 20.4. The van der Waals surface area contributed by atoms with Crippen molar-refractivity contribution in [2.75, 3.05) is 11.1 Å². The van der Waals surface area contributed by atoms with Crippen LogP contribution in [-0.2, 0) is 11.8 Å². The van der Waals surface area contributed by atoms with Crippen LogP contribution >= 0.6 is 11.8 Å². The Kier molecular flexibility index (Phi) is 5.32. The highest BCUT2D eigenvalue weighted by Gasteiger charge is 2.16. The molecule has 26 heavy (non-hydrogen) atoms. The van der Waals surface area contributed by atoms with E-state index in [9.17, 15) is 14.0 Å². The first-order valence-corrected chi connectivity index (χ1v) is 8.44. The van der Waals surface area contributed by atoms with Crippen LogP contribution < -0.4 is 10.6 Å². The van der Waals surface area contributed by atoms with Gasteiger partial charge in [-0.15, -0.1) is 10.2 Å². The Morgan fingerprint density at radius 2 is 2.04 bits per heavy atom. The zero-order valence-corrected chi connectivity index (χ0v) is 14.4. The molecule has 0 saturated carbocycles. The number of carbonyl (C=O) groups excluding carboxylic acids is 2. The molecule has 0 radical (unpaired) electrons. The number of hydrogen-bond acceptors (Lipinski definition) is 6. The molecule has 10 heteroatoms. The van der Waals surface area contributed by atoms with Crippen LogP contribution in [0.25, 0.3) is 11.6 Å². The maximum atomic E-state index is 13.5. The molecule has 3 rings (SSSR count). The lowest BCUT2D eigenvalue weighted by Gasteiger charge is -2.07. The van der Waals surface area contributed by atoms with Gasteiger partial charge in [0.2, 0.25) is 5.91 Å². The quantitative estimate of drug-likeness (QED) is 0.665. The number of carbonyl (C=O) groups is 2. The van der Waals surface area contributed by atoms with Gasteiger partial charge in [-0.2, -0.15) is 0 Å². The van der Waals surface area contributed by atoms with Gasteiger partial charge < -0.3 is 14.3 Å². The first-order chi connectivity index (χ1) is 12.5. The van der Waals surface area contributed by atoms with Gasteiger partial charge in [-0.3, -0.25) is 10.1 Å². The van der Waals surface area contributed by atoms with Crippen LogP contribution in [0.3, 0.4) is 0 Å². The number of anilines is 1. The van der Waals surface area contributed by atoms with Gasteiger partial charge >= 0.3 is 6.03 Å². The summed E-state index contributed by atoms with van der Waals surface area (Å²) in [4.78, 5) is 23.6. The third-order valence-electron chi connectivity index (χ3n) is 3.28. The summed E-state index contributed by atoms with van der Waals surface area (Å²) in [6, 6.07) is 8.34. The fraction of sp³-hybridized carbons (Fsp3) is 0.125. The molecular formula is C16H14FN5O3S. The Labute approximate surface area is 151 Å². The van der Waals surface area contributed by atoms with Gasteiger partial charge in [-0.1, -0.05) is 23.9 Å². The Hall–Kier alpha value is -3.14. The lowest BCUT2D eigenvalue weighted by Crippen LogP contribution is -2.35. The number of benzene rings is 1. The number of amides is 3. The number of thioether (sulfide) groups is 1. The molecule has 0 unspecified atom stereocenters. The number of urea groups is 1. The van der Waals surface area contributed by atoms with E-state index in [1.807, 2.05) is 0 Å². The second-order valence-electron chi connectivity index (χ2n) is 5.11. The predicted molar refractivity (Wildman–Crippen MR) is 93.0 cm³/mol. The molecule has 8 nitrogen and oxygen atoms in total. The lowest BCUT2D eigenvalue weighted by molar-refractivity contribution is -0.117.